The average molecular weight is 474 g/mol. The molecule has 33 heavy (non-hydrogen) atoms. The molecule has 0 saturated heterocycles. The number of rotatable bonds is 23. The minimum Gasteiger partial charge on any atom is -0.491 e. The van der Waals surface area contributed by atoms with E-state index >= 15 is 0 Å². The molecule has 0 atom stereocenters. The van der Waals surface area contributed by atoms with Crippen molar-refractivity contribution < 1.29 is 47.9 Å². The van der Waals surface area contributed by atoms with Crippen LogP contribution in [0, 0.1) is 0 Å². The Kier molecular flexibility index (Phi) is 18.9. The molecule has 2 N–H and O–H groups in total. The lowest BCUT2D eigenvalue weighted by Gasteiger charge is -2.16. The van der Waals surface area contributed by atoms with Gasteiger partial charge in [-0.25, -0.2) is 0 Å². The summed E-state index contributed by atoms with van der Waals surface area (Å²) in [5.74, 6) is 0.644. The van der Waals surface area contributed by atoms with Crippen LogP contribution >= 0.6 is 0 Å². The molecule has 0 aromatic heterocycles. The van der Waals surface area contributed by atoms with Gasteiger partial charge in [-0.2, -0.15) is 0 Å². The van der Waals surface area contributed by atoms with E-state index in [1.165, 1.54) is 0 Å². The number of hydrogen-bond acceptors (Lipinski definition) is 10. The maximum atomic E-state index is 9.79. The van der Waals surface area contributed by atoms with E-state index in [1.54, 1.807) is 18.2 Å². The van der Waals surface area contributed by atoms with Gasteiger partial charge in [0.1, 0.15) is 24.7 Å². The lowest BCUT2D eigenvalue weighted by Crippen LogP contribution is -2.34. The van der Waals surface area contributed by atoms with E-state index in [1.807, 2.05) is 13.8 Å². The monoisotopic (exact) mass is 474 g/mol. The van der Waals surface area contributed by atoms with Gasteiger partial charge in [-0.15, -0.1) is 0 Å². The van der Waals surface area contributed by atoms with Gasteiger partial charge in [-0.3, -0.25) is 0 Å². The molecule has 11 heteroatoms. The van der Waals surface area contributed by atoms with Crippen LogP contribution in [0.1, 0.15) is 13.8 Å². The van der Waals surface area contributed by atoms with E-state index in [4.69, 9.17) is 37.9 Å². The quantitative estimate of drug-likeness (QED) is 0.169. The first-order chi connectivity index (χ1) is 16.2. The van der Waals surface area contributed by atoms with Gasteiger partial charge in [0.15, 0.2) is 0 Å². The standard InChI is InChI=1S/C22H39BO10/c1-3-26-8-10-28-12-14-30-16-18-32-20-6-5-7-21(22(20)23(24)25)33-19-17-31-15-13-29-11-9-27-4-2/h5-7,24-25H,3-4,8-19H2,1-2H3. The molecular formula is C22H39BO10. The maximum absolute atomic E-state index is 9.79. The van der Waals surface area contributed by atoms with Crippen LogP contribution in [-0.4, -0.2) is 110 Å². The minimum absolute atomic E-state index is 0.163. The van der Waals surface area contributed by atoms with E-state index in [9.17, 15) is 10.0 Å². The molecule has 0 fully saturated rings. The molecule has 0 unspecified atom stereocenters. The van der Waals surface area contributed by atoms with E-state index < -0.39 is 7.12 Å². The highest BCUT2D eigenvalue weighted by molar-refractivity contribution is 6.60. The van der Waals surface area contributed by atoms with Crippen LogP contribution < -0.4 is 14.9 Å². The molecule has 0 spiro atoms. The zero-order valence-corrected chi connectivity index (χ0v) is 19.9. The summed E-state index contributed by atoms with van der Waals surface area (Å²) >= 11 is 0. The Morgan fingerprint density at radius 1 is 0.545 bits per heavy atom. The van der Waals surface area contributed by atoms with Crippen LogP contribution in [0.25, 0.3) is 0 Å². The molecule has 0 radical (unpaired) electrons. The van der Waals surface area contributed by atoms with Crippen molar-refractivity contribution in [3.8, 4) is 11.5 Å². The molecule has 0 bridgehead atoms. The molecule has 0 aliphatic carbocycles. The Labute approximate surface area is 197 Å². The van der Waals surface area contributed by atoms with Gasteiger partial charge in [0.05, 0.1) is 71.5 Å². The van der Waals surface area contributed by atoms with E-state index in [2.05, 4.69) is 0 Å². The summed E-state index contributed by atoms with van der Waals surface area (Å²) in [5.41, 5.74) is 0.163. The summed E-state index contributed by atoms with van der Waals surface area (Å²) in [5, 5.41) is 19.6. The molecule has 0 saturated carbocycles. The first-order valence-corrected chi connectivity index (χ1v) is 11.4. The van der Waals surface area contributed by atoms with Crippen molar-refractivity contribution in [1.82, 2.24) is 0 Å². The molecule has 0 amide bonds. The van der Waals surface area contributed by atoms with Crippen LogP contribution in [0.2, 0.25) is 0 Å². The van der Waals surface area contributed by atoms with Crippen molar-refractivity contribution in [2.45, 2.75) is 13.8 Å². The van der Waals surface area contributed by atoms with Gasteiger partial charge in [0.2, 0.25) is 0 Å². The van der Waals surface area contributed by atoms with Gasteiger partial charge in [0, 0.05) is 13.2 Å². The molecule has 10 nitrogen and oxygen atoms in total. The Hall–Kier alpha value is -1.44. The van der Waals surface area contributed by atoms with Crippen LogP contribution in [-0.2, 0) is 28.4 Å². The minimum atomic E-state index is -1.74. The van der Waals surface area contributed by atoms with Crippen molar-refractivity contribution in [1.29, 1.82) is 0 Å². The predicted molar refractivity (Wildman–Crippen MR) is 124 cm³/mol. The van der Waals surface area contributed by atoms with Crippen LogP contribution in [0.5, 0.6) is 11.5 Å². The zero-order chi connectivity index (χ0) is 24.0. The molecule has 0 heterocycles. The van der Waals surface area contributed by atoms with E-state index in [0.717, 1.165) is 0 Å². The molecule has 1 rings (SSSR count). The fraction of sp³-hybridized carbons (Fsp3) is 0.727. The zero-order valence-electron chi connectivity index (χ0n) is 19.9. The third kappa shape index (κ3) is 15.2. The molecule has 1 aromatic rings. The number of benzene rings is 1. The Morgan fingerprint density at radius 3 is 1.21 bits per heavy atom. The number of ether oxygens (including phenoxy) is 8. The van der Waals surface area contributed by atoms with E-state index in [0.29, 0.717) is 90.8 Å². The third-order valence-corrected chi connectivity index (χ3v) is 4.15. The normalized spacial score (nSPS) is 11.0. The summed E-state index contributed by atoms with van der Waals surface area (Å²) in [4.78, 5) is 0. The highest BCUT2D eigenvalue weighted by Crippen LogP contribution is 2.17. The molecule has 0 aliphatic rings. The van der Waals surface area contributed by atoms with Gasteiger partial charge in [-0.1, -0.05) is 6.07 Å². The van der Waals surface area contributed by atoms with Crippen molar-refractivity contribution in [3.63, 3.8) is 0 Å². The van der Waals surface area contributed by atoms with Crippen molar-refractivity contribution >= 4 is 12.6 Å². The predicted octanol–water partition coefficient (Wildman–Crippen LogP) is 0.263. The molecule has 0 aliphatic heterocycles. The summed E-state index contributed by atoms with van der Waals surface area (Å²) in [6.07, 6.45) is 0. The van der Waals surface area contributed by atoms with Crippen molar-refractivity contribution in [2.75, 3.05) is 92.5 Å². The van der Waals surface area contributed by atoms with Crippen LogP contribution in [0.15, 0.2) is 18.2 Å². The second-order valence-electron chi connectivity index (χ2n) is 6.58. The lowest BCUT2D eigenvalue weighted by molar-refractivity contribution is 0.0111. The fourth-order valence-corrected chi connectivity index (χ4v) is 2.62. The highest BCUT2D eigenvalue weighted by Gasteiger charge is 2.23. The lowest BCUT2D eigenvalue weighted by atomic mass is 9.78. The Balaban J connectivity index is 2.24. The number of hydrogen-bond donors (Lipinski definition) is 2. The van der Waals surface area contributed by atoms with Gasteiger partial charge < -0.3 is 47.9 Å². The van der Waals surface area contributed by atoms with Gasteiger partial charge >= 0.3 is 7.12 Å². The fourth-order valence-electron chi connectivity index (χ4n) is 2.62. The first-order valence-electron chi connectivity index (χ1n) is 11.4. The smallest absolute Gasteiger partial charge is 0.491 e. The summed E-state index contributed by atoms with van der Waals surface area (Å²) in [7, 11) is -1.74. The van der Waals surface area contributed by atoms with Crippen LogP contribution in [0.3, 0.4) is 0 Å². The van der Waals surface area contributed by atoms with Gasteiger partial charge in [0.25, 0.3) is 0 Å². The second-order valence-corrected chi connectivity index (χ2v) is 6.58. The second kappa shape index (κ2) is 21.1. The maximum Gasteiger partial charge on any atom is 0.496 e. The topological polar surface area (TPSA) is 114 Å². The highest BCUT2D eigenvalue weighted by atomic mass is 16.6. The third-order valence-electron chi connectivity index (χ3n) is 4.15. The summed E-state index contributed by atoms with van der Waals surface area (Å²) in [6, 6.07) is 5.01. The Bertz CT molecular complexity index is 534. The first kappa shape index (κ1) is 29.6. The van der Waals surface area contributed by atoms with Crippen molar-refractivity contribution in [3.05, 3.63) is 18.2 Å². The summed E-state index contributed by atoms with van der Waals surface area (Å²) in [6.45, 7) is 10.4. The molecule has 190 valence electrons. The average Bonchev–Trinajstić information content (AvgIpc) is 2.81. The molecule has 1 aromatic carbocycles. The largest absolute Gasteiger partial charge is 0.496 e. The summed E-state index contributed by atoms with van der Waals surface area (Å²) < 4.78 is 43.3. The van der Waals surface area contributed by atoms with Crippen LogP contribution in [0.4, 0.5) is 0 Å². The SMILES string of the molecule is CCOCCOCCOCCOc1cccc(OCCOCCOCCOCC)c1B(O)O. The Morgan fingerprint density at radius 2 is 0.879 bits per heavy atom. The van der Waals surface area contributed by atoms with Gasteiger partial charge in [-0.05, 0) is 26.0 Å². The van der Waals surface area contributed by atoms with Crippen molar-refractivity contribution in [2.24, 2.45) is 0 Å². The van der Waals surface area contributed by atoms with E-state index in [-0.39, 0.29) is 18.7 Å². The molecular weight excluding hydrogens is 435 g/mol.